The molecule has 0 N–H and O–H groups in total. The Morgan fingerprint density at radius 2 is 1.78 bits per heavy atom. The number of anilines is 1. The minimum atomic E-state index is -0.538. The molecule has 3 rings (SSSR count). The number of nitrogens with zero attached hydrogens (tertiary/aromatic N) is 2. The zero-order valence-electron chi connectivity index (χ0n) is 14.0. The molecule has 1 unspecified atom stereocenters. The van der Waals surface area contributed by atoms with Gasteiger partial charge in [-0.2, -0.15) is 0 Å². The van der Waals surface area contributed by atoms with Crippen LogP contribution in [0, 0.1) is 0 Å². The van der Waals surface area contributed by atoms with Gasteiger partial charge in [0.25, 0.3) is 0 Å². The van der Waals surface area contributed by atoms with E-state index < -0.39 is 5.60 Å². The topological polar surface area (TPSA) is 34.1 Å². The summed E-state index contributed by atoms with van der Waals surface area (Å²) in [4.78, 5) is 6.62. The predicted octanol–water partition coefficient (Wildman–Crippen LogP) is 3.56. The molecule has 0 amide bonds. The molecule has 120 valence electrons. The number of ether oxygens (including phenoxy) is 2. The number of hydrogen-bond acceptors (Lipinski definition) is 4. The normalized spacial score (nSPS) is 18.8. The molecule has 1 atom stereocenters. The number of hydrogen-bond donors (Lipinski definition) is 0. The monoisotopic (exact) mass is 310 g/mol. The number of rotatable bonds is 5. The maximum atomic E-state index is 5.89. The second-order valence-electron chi connectivity index (χ2n) is 5.97. The second-order valence-corrected chi connectivity index (χ2v) is 5.97. The Balaban J connectivity index is 1.93. The van der Waals surface area contributed by atoms with E-state index in [4.69, 9.17) is 9.47 Å². The van der Waals surface area contributed by atoms with Crippen molar-refractivity contribution in [3.8, 4) is 5.75 Å². The summed E-state index contributed by atoms with van der Waals surface area (Å²) in [6.45, 7) is 0. The first-order valence-corrected chi connectivity index (χ1v) is 7.63. The summed E-state index contributed by atoms with van der Waals surface area (Å²) in [5.74, 6) is 0.818. The maximum Gasteiger partial charge on any atom is 0.134 e. The third-order valence-corrected chi connectivity index (χ3v) is 4.36. The number of aliphatic imine (C=N–C) groups is 1. The van der Waals surface area contributed by atoms with Gasteiger partial charge < -0.3 is 14.4 Å². The molecule has 0 spiro atoms. The largest absolute Gasteiger partial charge is 0.497 e. The van der Waals surface area contributed by atoms with Gasteiger partial charge in [-0.3, -0.25) is 4.99 Å². The Hall–Kier alpha value is -2.33. The van der Waals surface area contributed by atoms with E-state index in [1.165, 1.54) is 11.3 Å². The van der Waals surface area contributed by atoms with E-state index in [1.54, 1.807) is 14.2 Å². The molecule has 0 aromatic heterocycles. The molecular weight excluding hydrogens is 288 g/mol. The van der Waals surface area contributed by atoms with E-state index in [1.807, 2.05) is 38.5 Å². The third kappa shape index (κ3) is 2.82. The SMILES string of the molecule is COc1ccc2c(c1)C(Cc1ccc(N(C)C)cc1)(OC)C=N2. The Kier molecular flexibility index (Phi) is 4.09. The highest BCUT2D eigenvalue weighted by molar-refractivity contribution is 5.84. The van der Waals surface area contributed by atoms with Gasteiger partial charge in [0.15, 0.2) is 0 Å². The smallest absolute Gasteiger partial charge is 0.134 e. The van der Waals surface area contributed by atoms with Crippen LogP contribution in [0.15, 0.2) is 47.5 Å². The van der Waals surface area contributed by atoms with Crippen molar-refractivity contribution in [2.45, 2.75) is 12.0 Å². The van der Waals surface area contributed by atoms with Crippen LogP contribution in [-0.2, 0) is 16.8 Å². The van der Waals surface area contributed by atoms with Crippen LogP contribution in [-0.4, -0.2) is 34.5 Å². The molecule has 0 fully saturated rings. The Bertz CT molecular complexity index is 723. The molecule has 0 saturated heterocycles. The highest BCUT2D eigenvalue weighted by Crippen LogP contribution is 2.41. The predicted molar refractivity (Wildman–Crippen MR) is 94.3 cm³/mol. The van der Waals surface area contributed by atoms with Gasteiger partial charge in [-0.15, -0.1) is 0 Å². The van der Waals surface area contributed by atoms with Gasteiger partial charge >= 0.3 is 0 Å². The Labute approximate surface area is 137 Å². The van der Waals surface area contributed by atoms with Crippen LogP contribution in [0.1, 0.15) is 11.1 Å². The molecule has 0 bridgehead atoms. The van der Waals surface area contributed by atoms with E-state index in [-0.39, 0.29) is 0 Å². The summed E-state index contributed by atoms with van der Waals surface area (Å²) < 4.78 is 11.2. The molecule has 1 aliphatic heterocycles. The quantitative estimate of drug-likeness (QED) is 0.847. The maximum absolute atomic E-state index is 5.89. The van der Waals surface area contributed by atoms with E-state index in [2.05, 4.69) is 34.2 Å². The van der Waals surface area contributed by atoms with Crippen molar-refractivity contribution in [1.82, 2.24) is 0 Å². The molecule has 4 heteroatoms. The molecule has 23 heavy (non-hydrogen) atoms. The molecule has 4 nitrogen and oxygen atoms in total. The lowest BCUT2D eigenvalue weighted by atomic mass is 9.88. The number of methoxy groups -OCH3 is 2. The molecule has 0 radical (unpaired) electrons. The zero-order chi connectivity index (χ0) is 16.4. The molecule has 1 aliphatic rings. The van der Waals surface area contributed by atoms with Crippen LogP contribution in [0.25, 0.3) is 0 Å². The fraction of sp³-hybridized carbons (Fsp3) is 0.316. The summed E-state index contributed by atoms with van der Waals surface area (Å²) in [7, 11) is 7.48. The van der Waals surface area contributed by atoms with E-state index in [0.717, 1.165) is 23.4 Å². The minimum Gasteiger partial charge on any atom is -0.497 e. The first-order chi connectivity index (χ1) is 11.1. The highest BCUT2D eigenvalue weighted by atomic mass is 16.5. The van der Waals surface area contributed by atoms with Crippen LogP contribution < -0.4 is 9.64 Å². The van der Waals surface area contributed by atoms with Crippen LogP contribution in [0.2, 0.25) is 0 Å². The number of benzene rings is 2. The zero-order valence-corrected chi connectivity index (χ0v) is 14.0. The van der Waals surface area contributed by atoms with Crippen molar-refractivity contribution in [3.63, 3.8) is 0 Å². The molecule has 2 aromatic carbocycles. The van der Waals surface area contributed by atoms with Crippen LogP contribution in [0.4, 0.5) is 11.4 Å². The summed E-state index contributed by atoms with van der Waals surface area (Å²) >= 11 is 0. The molecule has 2 aromatic rings. The minimum absolute atomic E-state index is 0.538. The van der Waals surface area contributed by atoms with Crippen LogP contribution in [0.5, 0.6) is 5.75 Å². The third-order valence-electron chi connectivity index (χ3n) is 4.36. The van der Waals surface area contributed by atoms with Gasteiger partial charge in [0.1, 0.15) is 11.4 Å². The molecule has 0 saturated carbocycles. The fourth-order valence-electron chi connectivity index (χ4n) is 2.93. The lowest BCUT2D eigenvalue weighted by Crippen LogP contribution is -2.30. The van der Waals surface area contributed by atoms with Crippen molar-refractivity contribution in [1.29, 1.82) is 0 Å². The van der Waals surface area contributed by atoms with Gasteiger partial charge in [0, 0.05) is 45.1 Å². The van der Waals surface area contributed by atoms with E-state index >= 15 is 0 Å². The first kappa shape index (κ1) is 15.6. The van der Waals surface area contributed by atoms with Gasteiger partial charge in [-0.05, 0) is 35.9 Å². The summed E-state index contributed by atoms with van der Waals surface area (Å²) in [6.07, 6.45) is 2.64. The van der Waals surface area contributed by atoms with Crippen molar-refractivity contribution < 1.29 is 9.47 Å². The average molecular weight is 310 g/mol. The van der Waals surface area contributed by atoms with Crippen molar-refractivity contribution in [2.75, 3.05) is 33.2 Å². The van der Waals surface area contributed by atoms with E-state index in [9.17, 15) is 0 Å². The number of fused-ring (bicyclic) bond motifs is 1. The summed E-state index contributed by atoms with van der Waals surface area (Å²) in [5, 5.41) is 0. The lowest BCUT2D eigenvalue weighted by molar-refractivity contribution is 0.0550. The van der Waals surface area contributed by atoms with Crippen LogP contribution >= 0.6 is 0 Å². The van der Waals surface area contributed by atoms with Gasteiger partial charge in [0.2, 0.25) is 0 Å². The summed E-state index contributed by atoms with van der Waals surface area (Å²) in [6, 6.07) is 14.4. The fourth-order valence-corrected chi connectivity index (χ4v) is 2.93. The Morgan fingerprint density at radius 1 is 1.04 bits per heavy atom. The molecule has 1 heterocycles. The van der Waals surface area contributed by atoms with Crippen LogP contribution in [0.3, 0.4) is 0 Å². The highest BCUT2D eigenvalue weighted by Gasteiger charge is 2.37. The van der Waals surface area contributed by atoms with E-state index in [0.29, 0.717) is 0 Å². The Morgan fingerprint density at radius 3 is 2.39 bits per heavy atom. The summed E-state index contributed by atoms with van der Waals surface area (Å²) in [5.41, 5.74) is 3.85. The molecule has 0 aliphatic carbocycles. The van der Waals surface area contributed by atoms with Gasteiger partial charge in [-0.1, -0.05) is 12.1 Å². The lowest BCUT2D eigenvalue weighted by Gasteiger charge is -2.27. The van der Waals surface area contributed by atoms with Crippen molar-refractivity contribution >= 4 is 17.6 Å². The second kappa shape index (κ2) is 6.05. The van der Waals surface area contributed by atoms with Gasteiger partial charge in [-0.25, -0.2) is 0 Å². The van der Waals surface area contributed by atoms with Crippen molar-refractivity contribution in [2.24, 2.45) is 4.99 Å². The van der Waals surface area contributed by atoms with Crippen molar-refractivity contribution in [3.05, 3.63) is 53.6 Å². The standard InChI is InChI=1S/C19H22N2O2/c1-21(2)15-7-5-14(6-8-15)12-19(23-4)13-20-18-10-9-16(22-3)11-17(18)19/h5-11,13H,12H2,1-4H3. The average Bonchev–Trinajstić information content (AvgIpc) is 2.93. The first-order valence-electron chi connectivity index (χ1n) is 7.63. The van der Waals surface area contributed by atoms with Gasteiger partial charge in [0.05, 0.1) is 12.8 Å². The molecular formula is C19H22N2O2.